The molecule has 0 aromatic rings. The van der Waals surface area contributed by atoms with Gasteiger partial charge in [0.25, 0.3) is 10.2 Å². The van der Waals surface area contributed by atoms with Crippen LogP contribution >= 0.6 is 0 Å². The highest BCUT2D eigenvalue weighted by Gasteiger charge is 2.47. The predicted octanol–water partition coefficient (Wildman–Crippen LogP) is 1.69. The highest BCUT2D eigenvalue weighted by Crippen LogP contribution is 2.43. The van der Waals surface area contributed by atoms with E-state index in [1.165, 1.54) is 4.31 Å². The third-order valence-corrected chi connectivity index (χ3v) is 6.43. The molecular weight excluding hydrogens is 236 g/mol. The molecule has 0 amide bonds. The Morgan fingerprint density at radius 3 is 1.94 bits per heavy atom. The van der Waals surface area contributed by atoms with Crippen molar-refractivity contribution in [2.75, 3.05) is 14.1 Å². The maximum absolute atomic E-state index is 12.3. The van der Waals surface area contributed by atoms with Crippen LogP contribution in [-0.4, -0.2) is 43.2 Å². The smallest absolute Gasteiger partial charge is 0.195 e. The molecule has 0 aromatic carbocycles. The van der Waals surface area contributed by atoms with Crippen molar-refractivity contribution in [3.8, 4) is 0 Å². The molecule has 17 heavy (non-hydrogen) atoms. The zero-order valence-corrected chi connectivity index (χ0v) is 12.1. The lowest BCUT2D eigenvalue weighted by Gasteiger charge is -2.40. The number of hydrogen-bond donors (Lipinski definition) is 0. The summed E-state index contributed by atoms with van der Waals surface area (Å²) in [6.45, 7) is 4.50. The number of nitrogens with zero attached hydrogens (tertiary/aromatic N) is 2. The highest BCUT2D eigenvalue weighted by atomic mass is 32.2. The molecule has 2 heterocycles. The van der Waals surface area contributed by atoms with Gasteiger partial charge in [0.2, 0.25) is 0 Å². The molecule has 2 unspecified atom stereocenters. The molecule has 2 saturated heterocycles. The summed E-state index contributed by atoms with van der Waals surface area (Å²) in [5, 5.41) is 0. The van der Waals surface area contributed by atoms with E-state index in [4.69, 9.17) is 0 Å². The van der Waals surface area contributed by atoms with Gasteiger partial charge in [-0.1, -0.05) is 13.8 Å². The quantitative estimate of drug-likeness (QED) is 0.775. The van der Waals surface area contributed by atoms with Crippen molar-refractivity contribution in [2.24, 2.45) is 11.8 Å². The predicted molar refractivity (Wildman–Crippen MR) is 68.8 cm³/mol. The van der Waals surface area contributed by atoms with E-state index in [1.54, 1.807) is 18.4 Å². The van der Waals surface area contributed by atoms with Gasteiger partial charge in [0.1, 0.15) is 0 Å². The van der Waals surface area contributed by atoms with E-state index in [1.807, 2.05) is 0 Å². The van der Waals surface area contributed by atoms with E-state index in [9.17, 15) is 8.42 Å². The SMILES string of the molecule is CC(C)C1CC2CCC(C1)N2S(=O)(=O)N(C)C. The van der Waals surface area contributed by atoms with Gasteiger partial charge in [-0.15, -0.1) is 0 Å². The van der Waals surface area contributed by atoms with Crippen molar-refractivity contribution in [1.82, 2.24) is 8.61 Å². The van der Waals surface area contributed by atoms with Crippen LogP contribution in [-0.2, 0) is 10.2 Å². The van der Waals surface area contributed by atoms with Gasteiger partial charge in [-0.2, -0.15) is 17.0 Å². The van der Waals surface area contributed by atoms with Gasteiger partial charge in [0.05, 0.1) is 0 Å². The molecule has 0 saturated carbocycles. The largest absolute Gasteiger partial charge is 0.281 e. The molecule has 2 aliphatic heterocycles. The second-order valence-corrected chi connectivity index (χ2v) is 8.03. The minimum atomic E-state index is -3.22. The number of piperidine rings is 1. The standard InChI is InChI=1S/C12H24N2O2S/c1-9(2)10-7-11-5-6-12(8-10)14(11)17(15,16)13(3)4/h9-12H,5-8H2,1-4H3. The Morgan fingerprint density at radius 1 is 1.12 bits per heavy atom. The lowest BCUT2D eigenvalue weighted by molar-refractivity contribution is 0.152. The zero-order chi connectivity index (χ0) is 12.8. The second kappa shape index (κ2) is 4.52. The van der Waals surface area contributed by atoms with E-state index in [0.717, 1.165) is 25.7 Å². The van der Waals surface area contributed by atoms with Crippen LogP contribution in [0.1, 0.15) is 39.5 Å². The number of fused-ring (bicyclic) bond motifs is 2. The molecule has 2 atom stereocenters. The molecule has 5 heteroatoms. The topological polar surface area (TPSA) is 40.6 Å². The molecule has 0 N–H and O–H groups in total. The Labute approximate surface area is 105 Å². The first-order valence-electron chi connectivity index (χ1n) is 6.55. The molecule has 2 bridgehead atoms. The fourth-order valence-electron chi connectivity index (χ4n) is 3.29. The van der Waals surface area contributed by atoms with Crippen molar-refractivity contribution in [3.63, 3.8) is 0 Å². The van der Waals surface area contributed by atoms with Crippen LogP contribution in [0, 0.1) is 11.8 Å². The van der Waals surface area contributed by atoms with Crippen molar-refractivity contribution in [2.45, 2.75) is 51.6 Å². The maximum atomic E-state index is 12.3. The van der Waals surface area contributed by atoms with Crippen LogP contribution in [0.5, 0.6) is 0 Å². The monoisotopic (exact) mass is 260 g/mol. The second-order valence-electron chi connectivity index (χ2n) is 5.98. The molecule has 2 rings (SSSR count). The molecule has 0 aromatic heterocycles. The molecule has 2 aliphatic rings. The van der Waals surface area contributed by atoms with Crippen LogP contribution in [0.15, 0.2) is 0 Å². The average Bonchev–Trinajstić information content (AvgIpc) is 2.50. The summed E-state index contributed by atoms with van der Waals surface area (Å²) >= 11 is 0. The molecular formula is C12H24N2O2S. The molecule has 100 valence electrons. The third kappa shape index (κ3) is 2.25. The fourth-order valence-corrected chi connectivity index (χ4v) is 4.80. The van der Waals surface area contributed by atoms with Crippen LogP contribution in [0.25, 0.3) is 0 Å². The summed E-state index contributed by atoms with van der Waals surface area (Å²) in [4.78, 5) is 0. The molecule has 0 aliphatic carbocycles. The molecule has 2 fully saturated rings. The fraction of sp³-hybridized carbons (Fsp3) is 1.00. The Balaban J connectivity index is 2.20. The Hall–Kier alpha value is -0.130. The van der Waals surface area contributed by atoms with Crippen molar-refractivity contribution >= 4 is 10.2 Å². The van der Waals surface area contributed by atoms with Crippen molar-refractivity contribution in [3.05, 3.63) is 0 Å². The lowest BCUT2D eigenvalue weighted by atomic mass is 9.84. The molecule has 4 nitrogen and oxygen atoms in total. The van der Waals surface area contributed by atoms with Crippen molar-refractivity contribution in [1.29, 1.82) is 0 Å². The summed E-state index contributed by atoms with van der Waals surface area (Å²) in [5.74, 6) is 1.36. The number of hydrogen-bond acceptors (Lipinski definition) is 2. The average molecular weight is 260 g/mol. The van der Waals surface area contributed by atoms with Crippen LogP contribution < -0.4 is 0 Å². The first-order valence-corrected chi connectivity index (χ1v) is 7.94. The van der Waals surface area contributed by atoms with Gasteiger partial charge in [-0.05, 0) is 37.5 Å². The highest BCUT2D eigenvalue weighted by molar-refractivity contribution is 7.86. The van der Waals surface area contributed by atoms with Crippen LogP contribution in [0.3, 0.4) is 0 Å². The van der Waals surface area contributed by atoms with Crippen molar-refractivity contribution < 1.29 is 8.42 Å². The van der Waals surface area contributed by atoms with Crippen LogP contribution in [0.4, 0.5) is 0 Å². The zero-order valence-electron chi connectivity index (χ0n) is 11.3. The number of rotatable bonds is 3. The Morgan fingerprint density at radius 2 is 1.59 bits per heavy atom. The Kier molecular flexibility index (Phi) is 3.54. The Bertz CT molecular complexity index is 364. The first kappa shape index (κ1) is 13.3. The van der Waals surface area contributed by atoms with Crippen LogP contribution in [0.2, 0.25) is 0 Å². The van der Waals surface area contributed by atoms with Gasteiger partial charge in [-0.3, -0.25) is 0 Å². The molecule has 0 spiro atoms. The lowest BCUT2D eigenvalue weighted by Crippen LogP contribution is -2.51. The summed E-state index contributed by atoms with van der Waals surface area (Å²) in [6.07, 6.45) is 4.17. The van der Waals surface area contributed by atoms with E-state index >= 15 is 0 Å². The summed E-state index contributed by atoms with van der Waals surface area (Å²) in [7, 11) is 0.0383. The summed E-state index contributed by atoms with van der Waals surface area (Å²) in [6, 6.07) is 0.488. The van der Waals surface area contributed by atoms with E-state index in [-0.39, 0.29) is 12.1 Å². The maximum Gasteiger partial charge on any atom is 0.281 e. The normalized spacial score (nSPS) is 34.8. The van der Waals surface area contributed by atoms with E-state index in [0.29, 0.717) is 11.8 Å². The third-order valence-electron chi connectivity index (χ3n) is 4.37. The van der Waals surface area contributed by atoms with Gasteiger partial charge in [-0.25, -0.2) is 0 Å². The minimum Gasteiger partial charge on any atom is -0.195 e. The minimum absolute atomic E-state index is 0.244. The summed E-state index contributed by atoms with van der Waals surface area (Å²) in [5.41, 5.74) is 0. The van der Waals surface area contributed by atoms with Gasteiger partial charge in [0, 0.05) is 26.2 Å². The van der Waals surface area contributed by atoms with E-state index in [2.05, 4.69) is 13.8 Å². The van der Waals surface area contributed by atoms with Gasteiger partial charge >= 0.3 is 0 Å². The molecule has 0 radical (unpaired) electrons. The van der Waals surface area contributed by atoms with E-state index < -0.39 is 10.2 Å². The summed E-state index contributed by atoms with van der Waals surface area (Å²) < 4.78 is 27.7. The van der Waals surface area contributed by atoms with Gasteiger partial charge in [0.15, 0.2) is 0 Å². The van der Waals surface area contributed by atoms with Gasteiger partial charge < -0.3 is 0 Å². The first-order chi connectivity index (χ1) is 7.84.